The minimum atomic E-state index is -3.16. The van der Waals surface area contributed by atoms with Gasteiger partial charge in [-0.25, -0.2) is 8.42 Å². The second-order valence-corrected chi connectivity index (χ2v) is 14.9. The Bertz CT molecular complexity index is 1880. The average Bonchev–Trinajstić information content (AvgIpc) is 3.13. The average molecular weight is 696 g/mol. The van der Waals surface area contributed by atoms with Crippen molar-refractivity contribution in [2.45, 2.75) is 26.8 Å². The van der Waals surface area contributed by atoms with Crippen molar-refractivity contribution in [3.63, 3.8) is 0 Å². The zero-order valence-corrected chi connectivity index (χ0v) is 29.5. The molecule has 0 spiro atoms. The SMILES string of the molecule is CCCS(=O)(=O)N1CCN(Cc2ccc(NC(=O)c3ccc(-c4cc(C(=O)Nc5ccc(N6CCOCC6)cc5)ccc4C)cc3)cc2)CC1. The third kappa shape index (κ3) is 8.78. The van der Waals surface area contributed by atoms with E-state index >= 15 is 0 Å². The summed E-state index contributed by atoms with van der Waals surface area (Å²) in [7, 11) is -3.16. The molecular weight excluding hydrogens is 651 g/mol. The molecule has 2 fully saturated rings. The number of carbonyl (C=O) groups is 2. The molecule has 2 heterocycles. The Morgan fingerprint density at radius 1 is 0.720 bits per heavy atom. The first-order valence-corrected chi connectivity index (χ1v) is 18.8. The Morgan fingerprint density at radius 2 is 1.30 bits per heavy atom. The minimum absolute atomic E-state index is 0.187. The van der Waals surface area contributed by atoms with E-state index in [9.17, 15) is 18.0 Å². The number of rotatable bonds is 11. The fourth-order valence-electron chi connectivity index (χ4n) is 6.36. The highest BCUT2D eigenvalue weighted by atomic mass is 32.2. The molecule has 4 aromatic carbocycles. The predicted octanol–water partition coefficient (Wildman–Crippen LogP) is 5.86. The lowest BCUT2D eigenvalue weighted by Crippen LogP contribution is -2.48. The van der Waals surface area contributed by atoms with Crippen LogP contribution in [0.15, 0.2) is 91.0 Å². The number of benzene rings is 4. The Hall–Kier alpha value is -4.55. The molecule has 50 heavy (non-hydrogen) atoms. The summed E-state index contributed by atoms with van der Waals surface area (Å²) in [5.74, 6) is -0.198. The maximum atomic E-state index is 13.2. The number of nitrogens with zero attached hydrogens (tertiary/aromatic N) is 3. The molecule has 0 saturated carbocycles. The fourth-order valence-corrected chi connectivity index (χ4v) is 7.86. The number of morpholine rings is 1. The molecule has 6 rings (SSSR count). The molecule has 2 saturated heterocycles. The van der Waals surface area contributed by atoms with Crippen molar-refractivity contribution in [1.29, 1.82) is 0 Å². The van der Waals surface area contributed by atoms with Crippen LogP contribution < -0.4 is 15.5 Å². The zero-order valence-electron chi connectivity index (χ0n) is 28.7. The van der Waals surface area contributed by atoms with Crippen molar-refractivity contribution >= 4 is 38.9 Å². The number of sulfonamides is 1. The molecule has 2 aliphatic heterocycles. The van der Waals surface area contributed by atoms with E-state index in [1.807, 2.05) is 92.7 Å². The van der Waals surface area contributed by atoms with Gasteiger partial charge in [0.25, 0.3) is 11.8 Å². The minimum Gasteiger partial charge on any atom is -0.378 e. The van der Waals surface area contributed by atoms with Crippen LogP contribution in [-0.2, 0) is 21.3 Å². The van der Waals surface area contributed by atoms with Gasteiger partial charge in [0.2, 0.25) is 10.0 Å². The summed E-state index contributed by atoms with van der Waals surface area (Å²) in [6.45, 7) is 10.2. The smallest absolute Gasteiger partial charge is 0.255 e. The molecule has 0 radical (unpaired) electrons. The van der Waals surface area contributed by atoms with Crippen molar-refractivity contribution in [3.05, 3.63) is 113 Å². The van der Waals surface area contributed by atoms with Crippen LogP contribution in [0.25, 0.3) is 11.1 Å². The normalized spacial score (nSPS) is 15.8. The summed E-state index contributed by atoms with van der Waals surface area (Å²) < 4.78 is 31.8. The van der Waals surface area contributed by atoms with Crippen molar-refractivity contribution < 1.29 is 22.7 Å². The highest BCUT2D eigenvalue weighted by Gasteiger charge is 2.26. The van der Waals surface area contributed by atoms with Gasteiger partial charge in [0.1, 0.15) is 0 Å². The Kier molecular flexibility index (Phi) is 11.3. The standard InChI is InChI=1S/C39H45N5O5S/c1-3-26-50(47,48)44-20-18-42(19-21-44)28-30-5-12-34(13-6-30)40-38(45)32-10-8-31(9-11-32)37-27-33(7-4-29(37)2)39(46)41-35-14-16-36(17-15-35)43-22-24-49-25-23-43/h4-17,27H,3,18-26,28H2,1-2H3,(H,40,45)(H,41,46). The molecule has 2 aliphatic rings. The van der Waals surface area contributed by atoms with E-state index in [1.165, 1.54) is 0 Å². The van der Waals surface area contributed by atoms with Gasteiger partial charge in [0.05, 0.1) is 19.0 Å². The number of piperazine rings is 1. The van der Waals surface area contributed by atoms with Gasteiger partial charge in [-0.2, -0.15) is 4.31 Å². The van der Waals surface area contributed by atoms with Crippen LogP contribution >= 0.6 is 0 Å². The number of ether oxygens (including phenoxy) is 1. The van der Waals surface area contributed by atoms with E-state index in [0.29, 0.717) is 49.4 Å². The van der Waals surface area contributed by atoms with Gasteiger partial charge in [-0.1, -0.05) is 37.3 Å². The monoisotopic (exact) mass is 695 g/mol. The number of carbonyl (C=O) groups excluding carboxylic acids is 2. The maximum Gasteiger partial charge on any atom is 0.255 e. The Morgan fingerprint density at radius 3 is 1.92 bits per heavy atom. The molecule has 11 heteroatoms. The second-order valence-electron chi connectivity index (χ2n) is 12.8. The number of hydrogen-bond acceptors (Lipinski definition) is 7. The van der Waals surface area contributed by atoms with E-state index in [-0.39, 0.29) is 17.6 Å². The van der Waals surface area contributed by atoms with Crippen LogP contribution in [0.3, 0.4) is 0 Å². The molecule has 2 N–H and O–H groups in total. The lowest BCUT2D eigenvalue weighted by molar-refractivity contribution is 0.101. The van der Waals surface area contributed by atoms with Crippen molar-refractivity contribution in [3.8, 4) is 11.1 Å². The van der Waals surface area contributed by atoms with Crippen LogP contribution in [0, 0.1) is 6.92 Å². The lowest BCUT2D eigenvalue weighted by atomic mass is 9.97. The first kappa shape index (κ1) is 35.3. The first-order valence-electron chi connectivity index (χ1n) is 17.2. The summed E-state index contributed by atoms with van der Waals surface area (Å²) in [4.78, 5) is 30.8. The Balaban J connectivity index is 1.02. The first-order chi connectivity index (χ1) is 24.2. The molecule has 262 valence electrons. The number of anilines is 3. The van der Waals surface area contributed by atoms with Gasteiger partial charge >= 0.3 is 0 Å². The van der Waals surface area contributed by atoms with Crippen molar-refractivity contribution in [2.24, 2.45) is 0 Å². The quantitative estimate of drug-likeness (QED) is 0.202. The zero-order chi connectivity index (χ0) is 35.1. The largest absolute Gasteiger partial charge is 0.378 e. The van der Waals surface area contributed by atoms with Crippen molar-refractivity contribution in [1.82, 2.24) is 9.21 Å². The third-order valence-corrected chi connectivity index (χ3v) is 11.3. The molecular formula is C39H45N5O5S. The van der Waals surface area contributed by atoms with Gasteiger partial charge in [-0.05, 0) is 96.3 Å². The van der Waals surface area contributed by atoms with E-state index in [1.54, 1.807) is 16.4 Å². The van der Waals surface area contributed by atoms with Crippen LogP contribution in [0.2, 0.25) is 0 Å². The molecule has 4 aromatic rings. The van der Waals surface area contributed by atoms with E-state index < -0.39 is 10.0 Å². The molecule has 10 nitrogen and oxygen atoms in total. The van der Waals surface area contributed by atoms with Gasteiger partial charge in [-0.15, -0.1) is 0 Å². The highest BCUT2D eigenvalue weighted by molar-refractivity contribution is 7.89. The molecule has 0 aliphatic carbocycles. The van der Waals surface area contributed by atoms with E-state index in [0.717, 1.165) is 66.5 Å². The highest BCUT2D eigenvalue weighted by Crippen LogP contribution is 2.27. The molecule has 0 atom stereocenters. The fraction of sp³-hybridized carbons (Fsp3) is 0.333. The third-order valence-electron chi connectivity index (χ3n) is 9.26. The van der Waals surface area contributed by atoms with Gasteiger partial charge in [0.15, 0.2) is 0 Å². The Labute approximate surface area is 295 Å². The van der Waals surface area contributed by atoms with Crippen LogP contribution in [0.5, 0.6) is 0 Å². The summed E-state index contributed by atoms with van der Waals surface area (Å²) in [6, 6.07) is 28.7. The lowest BCUT2D eigenvalue weighted by Gasteiger charge is -2.34. The van der Waals surface area contributed by atoms with Gasteiger partial charge in [-0.3, -0.25) is 14.5 Å². The van der Waals surface area contributed by atoms with Gasteiger partial charge < -0.3 is 20.3 Å². The van der Waals surface area contributed by atoms with E-state index in [4.69, 9.17) is 4.74 Å². The topological polar surface area (TPSA) is 111 Å². The summed E-state index contributed by atoms with van der Waals surface area (Å²) in [5.41, 5.74) is 7.58. The second kappa shape index (κ2) is 16.0. The van der Waals surface area contributed by atoms with Crippen LogP contribution in [-0.4, -0.2) is 87.7 Å². The predicted molar refractivity (Wildman–Crippen MR) is 199 cm³/mol. The molecule has 0 unspecified atom stereocenters. The molecule has 2 amide bonds. The van der Waals surface area contributed by atoms with Gasteiger partial charge in [0, 0.05) is 74.0 Å². The number of amides is 2. The summed E-state index contributed by atoms with van der Waals surface area (Å²) in [5, 5.41) is 5.98. The number of nitrogens with one attached hydrogen (secondary N) is 2. The summed E-state index contributed by atoms with van der Waals surface area (Å²) in [6.07, 6.45) is 0.625. The van der Waals surface area contributed by atoms with Crippen molar-refractivity contribution in [2.75, 3.05) is 73.8 Å². The maximum absolute atomic E-state index is 13.2. The number of hydrogen-bond donors (Lipinski definition) is 2. The molecule has 0 bridgehead atoms. The van der Waals surface area contributed by atoms with Crippen LogP contribution in [0.4, 0.5) is 17.1 Å². The van der Waals surface area contributed by atoms with Crippen LogP contribution in [0.1, 0.15) is 45.2 Å². The summed E-state index contributed by atoms with van der Waals surface area (Å²) >= 11 is 0. The number of aryl methyl sites for hydroxylation is 1. The molecule has 0 aromatic heterocycles. The van der Waals surface area contributed by atoms with E-state index in [2.05, 4.69) is 20.4 Å².